The molecule has 0 radical (unpaired) electrons. The second-order valence-electron chi connectivity index (χ2n) is 4.75. The average molecular weight is 281 g/mol. The maximum absolute atomic E-state index is 12.7. The summed E-state index contributed by atoms with van der Waals surface area (Å²) in [6, 6.07) is 12.5. The van der Waals surface area contributed by atoms with E-state index in [1.807, 2.05) is 24.3 Å². The Morgan fingerprint density at radius 2 is 1.95 bits per heavy atom. The smallest absolute Gasteiger partial charge is 0.197 e. The number of carbonyl (C=O) groups is 1. The number of hydrogen-bond donors (Lipinski definition) is 2. The highest BCUT2D eigenvalue weighted by Gasteiger charge is 2.18. The molecule has 0 saturated heterocycles. The lowest BCUT2D eigenvalue weighted by Gasteiger charge is -2.07. The van der Waals surface area contributed by atoms with Gasteiger partial charge in [-0.25, -0.2) is 4.98 Å². The van der Waals surface area contributed by atoms with Crippen molar-refractivity contribution in [1.82, 2.24) is 9.55 Å². The molecule has 0 fully saturated rings. The molecule has 0 aliphatic heterocycles. The van der Waals surface area contributed by atoms with Gasteiger partial charge in [0, 0.05) is 17.8 Å². The number of carbonyl (C=O) groups excluding carboxylic acids is 1. The summed E-state index contributed by atoms with van der Waals surface area (Å²) in [6.45, 7) is 0.442. The Morgan fingerprint density at radius 3 is 2.67 bits per heavy atom. The van der Waals surface area contributed by atoms with Crippen LogP contribution in [0, 0.1) is 0 Å². The first-order chi connectivity index (χ1) is 10.2. The predicted molar refractivity (Wildman–Crippen MR) is 81.1 cm³/mol. The summed E-state index contributed by atoms with van der Waals surface area (Å²) in [6.07, 6.45) is 1.61. The minimum Gasteiger partial charge on any atom is -0.398 e. The maximum atomic E-state index is 12.7. The lowest BCUT2D eigenvalue weighted by atomic mass is 10.0. The van der Waals surface area contributed by atoms with Gasteiger partial charge in [-0.1, -0.05) is 30.3 Å². The number of aromatic nitrogens is 2. The van der Waals surface area contributed by atoms with Gasteiger partial charge in [-0.2, -0.15) is 0 Å². The Morgan fingerprint density at radius 1 is 1.19 bits per heavy atom. The number of ketones is 1. The van der Waals surface area contributed by atoms with Crippen molar-refractivity contribution in [3.63, 3.8) is 0 Å². The second kappa shape index (κ2) is 5.38. The number of nitrogen functional groups attached to an aromatic ring is 1. The van der Waals surface area contributed by atoms with E-state index in [2.05, 4.69) is 4.98 Å². The van der Waals surface area contributed by atoms with E-state index < -0.39 is 0 Å². The Labute approximate surface area is 121 Å². The van der Waals surface area contributed by atoms with Gasteiger partial charge in [0.25, 0.3) is 0 Å². The van der Waals surface area contributed by atoms with Gasteiger partial charge in [-0.05, 0) is 12.1 Å². The van der Waals surface area contributed by atoms with Crippen molar-refractivity contribution in [2.24, 2.45) is 0 Å². The minimum absolute atomic E-state index is 0.0117. The van der Waals surface area contributed by atoms with Gasteiger partial charge in [0.05, 0.1) is 24.0 Å². The van der Waals surface area contributed by atoms with Crippen LogP contribution in [-0.4, -0.2) is 27.0 Å². The fourth-order valence-electron chi connectivity index (χ4n) is 2.41. The Hall–Kier alpha value is -2.66. The Balaban J connectivity index is 2.18. The summed E-state index contributed by atoms with van der Waals surface area (Å²) in [5, 5.41) is 9.07. The predicted octanol–water partition coefficient (Wildman–Crippen LogP) is 1.84. The molecule has 21 heavy (non-hydrogen) atoms. The number of benzene rings is 2. The summed E-state index contributed by atoms with van der Waals surface area (Å²) in [7, 11) is 0. The highest BCUT2D eigenvalue weighted by Crippen LogP contribution is 2.26. The molecule has 2 aromatic carbocycles. The number of aliphatic hydroxyl groups is 1. The third-order valence-corrected chi connectivity index (χ3v) is 3.43. The molecular formula is C16H15N3O2. The van der Waals surface area contributed by atoms with Gasteiger partial charge in [-0.15, -0.1) is 0 Å². The monoisotopic (exact) mass is 281 g/mol. The molecule has 0 aliphatic carbocycles. The minimum atomic E-state index is -0.145. The third kappa shape index (κ3) is 2.28. The number of aliphatic hydroxyl groups excluding tert-OH is 1. The standard InChI is InChI=1S/C16H15N3O2/c17-12-6-7-13-15(18-10-19(13)8-9-20)14(12)16(21)11-4-2-1-3-5-11/h1-7,10,20H,8-9,17H2. The number of nitrogens with two attached hydrogens (primary N) is 1. The van der Waals surface area contributed by atoms with Gasteiger partial charge in [0.15, 0.2) is 5.78 Å². The van der Waals surface area contributed by atoms with Crippen molar-refractivity contribution in [3.8, 4) is 0 Å². The summed E-state index contributed by atoms with van der Waals surface area (Å²) < 4.78 is 1.80. The molecule has 106 valence electrons. The SMILES string of the molecule is Nc1ccc2c(ncn2CCO)c1C(=O)c1ccccc1. The van der Waals surface area contributed by atoms with E-state index >= 15 is 0 Å². The van der Waals surface area contributed by atoms with Gasteiger partial charge >= 0.3 is 0 Å². The highest BCUT2D eigenvalue weighted by atomic mass is 16.3. The van der Waals surface area contributed by atoms with Crippen LogP contribution in [0.25, 0.3) is 11.0 Å². The zero-order valence-corrected chi connectivity index (χ0v) is 11.4. The molecule has 0 amide bonds. The summed E-state index contributed by atoms with van der Waals surface area (Å²) in [4.78, 5) is 17.0. The third-order valence-electron chi connectivity index (χ3n) is 3.43. The number of hydrogen-bond acceptors (Lipinski definition) is 4. The van der Waals surface area contributed by atoms with Crippen LogP contribution in [0.1, 0.15) is 15.9 Å². The van der Waals surface area contributed by atoms with Crippen molar-refractivity contribution in [3.05, 3.63) is 59.9 Å². The molecular weight excluding hydrogens is 266 g/mol. The molecule has 5 nitrogen and oxygen atoms in total. The number of fused-ring (bicyclic) bond motifs is 1. The molecule has 1 aromatic heterocycles. The molecule has 3 N–H and O–H groups in total. The van der Waals surface area contributed by atoms with E-state index in [0.29, 0.717) is 28.9 Å². The van der Waals surface area contributed by atoms with Crippen LogP contribution >= 0.6 is 0 Å². The van der Waals surface area contributed by atoms with Crippen LogP contribution in [0.3, 0.4) is 0 Å². The molecule has 0 aliphatic rings. The van der Waals surface area contributed by atoms with Crippen LogP contribution in [0.5, 0.6) is 0 Å². The van der Waals surface area contributed by atoms with Crippen molar-refractivity contribution in [1.29, 1.82) is 0 Å². The molecule has 0 spiro atoms. The normalized spacial score (nSPS) is 10.9. The molecule has 3 rings (SSSR count). The zero-order valence-electron chi connectivity index (χ0n) is 11.4. The fourth-order valence-corrected chi connectivity index (χ4v) is 2.41. The quantitative estimate of drug-likeness (QED) is 0.565. The Bertz CT molecular complexity index is 794. The van der Waals surface area contributed by atoms with Crippen LogP contribution in [-0.2, 0) is 6.54 Å². The largest absolute Gasteiger partial charge is 0.398 e. The molecule has 0 unspecified atom stereocenters. The maximum Gasteiger partial charge on any atom is 0.197 e. The number of rotatable bonds is 4. The highest BCUT2D eigenvalue weighted by molar-refractivity contribution is 6.18. The number of nitrogens with zero attached hydrogens (tertiary/aromatic N) is 2. The van der Waals surface area contributed by atoms with Crippen molar-refractivity contribution in [2.75, 3.05) is 12.3 Å². The van der Waals surface area contributed by atoms with Crippen LogP contribution in [0.4, 0.5) is 5.69 Å². The van der Waals surface area contributed by atoms with Crippen molar-refractivity contribution in [2.45, 2.75) is 6.54 Å². The lowest BCUT2D eigenvalue weighted by molar-refractivity contribution is 0.104. The number of anilines is 1. The first-order valence-electron chi connectivity index (χ1n) is 6.66. The molecule has 0 saturated carbocycles. The van der Waals surface area contributed by atoms with Gasteiger partial charge in [-0.3, -0.25) is 4.79 Å². The van der Waals surface area contributed by atoms with E-state index in [9.17, 15) is 4.79 Å². The second-order valence-corrected chi connectivity index (χ2v) is 4.75. The molecule has 3 aromatic rings. The summed E-state index contributed by atoms with van der Waals surface area (Å²) >= 11 is 0. The van der Waals surface area contributed by atoms with E-state index in [1.54, 1.807) is 29.1 Å². The van der Waals surface area contributed by atoms with Crippen LogP contribution in [0.15, 0.2) is 48.8 Å². The van der Waals surface area contributed by atoms with Crippen molar-refractivity contribution >= 4 is 22.5 Å². The average Bonchev–Trinajstić information content (AvgIpc) is 2.91. The van der Waals surface area contributed by atoms with Gasteiger partial charge < -0.3 is 15.4 Å². The van der Waals surface area contributed by atoms with Gasteiger partial charge in [0.2, 0.25) is 0 Å². The molecule has 5 heteroatoms. The van der Waals surface area contributed by atoms with Gasteiger partial charge in [0.1, 0.15) is 5.52 Å². The Kier molecular flexibility index (Phi) is 3.41. The molecule has 0 atom stereocenters. The first-order valence-corrected chi connectivity index (χ1v) is 6.66. The topological polar surface area (TPSA) is 81.1 Å². The lowest BCUT2D eigenvalue weighted by Crippen LogP contribution is -2.07. The first kappa shape index (κ1) is 13.3. The van der Waals surface area contributed by atoms with Crippen LogP contribution in [0.2, 0.25) is 0 Å². The van der Waals surface area contributed by atoms with Crippen molar-refractivity contribution < 1.29 is 9.90 Å². The van der Waals surface area contributed by atoms with E-state index in [-0.39, 0.29) is 12.4 Å². The fraction of sp³-hybridized carbons (Fsp3) is 0.125. The van der Waals surface area contributed by atoms with Crippen LogP contribution < -0.4 is 5.73 Å². The number of imidazole rings is 1. The molecule has 1 heterocycles. The van der Waals surface area contributed by atoms with E-state index in [1.165, 1.54) is 0 Å². The summed E-state index contributed by atoms with van der Waals surface area (Å²) in [5.41, 5.74) is 8.74. The zero-order chi connectivity index (χ0) is 14.8. The summed E-state index contributed by atoms with van der Waals surface area (Å²) in [5.74, 6) is -0.145. The van der Waals surface area contributed by atoms with E-state index in [4.69, 9.17) is 10.8 Å². The molecule has 0 bridgehead atoms. The van der Waals surface area contributed by atoms with E-state index in [0.717, 1.165) is 5.52 Å².